The van der Waals surface area contributed by atoms with Crippen molar-refractivity contribution in [3.63, 3.8) is 0 Å². The number of hydrogen-bond donors (Lipinski definition) is 1. The van der Waals surface area contributed by atoms with Crippen LogP contribution < -0.4 is 10.2 Å². The van der Waals surface area contributed by atoms with E-state index < -0.39 is 0 Å². The smallest absolute Gasteiger partial charge is 0.322 e. The van der Waals surface area contributed by atoms with Crippen LogP contribution in [-0.4, -0.2) is 52.2 Å². The summed E-state index contributed by atoms with van der Waals surface area (Å²) in [5.74, 6) is 0.801. The van der Waals surface area contributed by atoms with Gasteiger partial charge in [0.25, 0.3) is 0 Å². The molecule has 0 bridgehead atoms. The normalized spacial score (nSPS) is 16.7. The number of morpholine rings is 1. The van der Waals surface area contributed by atoms with Gasteiger partial charge in [0.15, 0.2) is 0 Å². The minimum atomic E-state index is -0.199. The van der Waals surface area contributed by atoms with Crippen LogP contribution in [0.3, 0.4) is 0 Å². The molecule has 0 unspecified atom stereocenters. The summed E-state index contributed by atoms with van der Waals surface area (Å²) in [6.07, 6.45) is 3.27. The van der Waals surface area contributed by atoms with Crippen molar-refractivity contribution < 1.29 is 9.53 Å². The van der Waals surface area contributed by atoms with Crippen molar-refractivity contribution in [3.8, 4) is 0 Å². The third-order valence-corrected chi connectivity index (χ3v) is 4.41. The van der Waals surface area contributed by atoms with Crippen LogP contribution in [0.2, 0.25) is 5.28 Å². The second kappa shape index (κ2) is 6.81. The van der Waals surface area contributed by atoms with Crippen molar-refractivity contribution in [2.24, 2.45) is 0 Å². The van der Waals surface area contributed by atoms with Crippen molar-refractivity contribution in [3.05, 3.63) is 41.1 Å². The largest absolute Gasteiger partial charge is 0.378 e. The predicted molar refractivity (Wildman–Crippen MR) is 92.6 cm³/mol. The molecule has 1 fully saturated rings. The summed E-state index contributed by atoms with van der Waals surface area (Å²) in [5.41, 5.74) is 2.40. The maximum atomic E-state index is 12.5. The fraction of sp³-hybridized carbons (Fsp3) is 0.375. The van der Waals surface area contributed by atoms with Crippen molar-refractivity contribution in [2.75, 3.05) is 36.5 Å². The molecule has 9 heteroatoms. The molecule has 2 amide bonds. The number of pyridine rings is 1. The highest BCUT2D eigenvalue weighted by molar-refractivity contribution is 6.28. The van der Waals surface area contributed by atoms with E-state index in [0.717, 1.165) is 30.2 Å². The molecular formula is C16H17ClN6O2. The Morgan fingerprint density at radius 2 is 2.08 bits per heavy atom. The van der Waals surface area contributed by atoms with Gasteiger partial charge in [-0.3, -0.25) is 4.98 Å². The van der Waals surface area contributed by atoms with Crippen LogP contribution in [0, 0.1) is 0 Å². The highest BCUT2D eigenvalue weighted by Crippen LogP contribution is 2.31. The monoisotopic (exact) mass is 360 g/mol. The van der Waals surface area contributed by atoms with E-state index in [1.54, 1.807) is 29.4 Å². The number of nitrogens with zero attached hydrogens (tertiary/aromatic N) is 5. The Bertz CT molecular complexity index is 782. The molecule has 25 heavy (non-hydrogen) atoms. The van der Waals surface area contributed by atoms with Crippen molar-refractivity contribution >= 4 is 29.1 Å². The van der Waals surface area contributed by atoms with Crippen LogP contribution in [0.5, 0.6) is 0 Å². The van der Waals surface area contributed by atoms with Gasteiger partial charge in [0.1, 0.15) is 5.82 Å². The Morgan fingerprint density at radius 3 is 2.84 bits per heavy atom. The van der Waals surface area contributed by atoms with E-state index in [4.69, 9.17) is 16.3 Å². The summed E-state index contributed by atoms with van der Waals surface area (Å²) in [7, 11) is 0. The molecule has 2 aromatic heterocycles. The molecule has 2 aromatic rings. The highest BCUT2D eigenvalue weighted by atomic mass is 35.5. The highest BCUT2D eigenvalue weighted by Gasteiger charge is 2.30. The number of urea groups is 1. The molecule has 130 valence electrons. The zero-order valence-corrected chi connectivity index (χ0v) is 14.2. The Labute approximate surface area is 149 Å². The number of ether oxygens (including phenoxy) is 1. The molecule has 0 radical (unpaired) electrons. The molecule has 1 saturated heterocycles. The Hall–Kier alpha value is -2.45. The molecule has 4 heterocycles. The zero-order chi connectivity index (χ0) is 17.2. The van der Waals surface area contributed by atoms with Crippen molar-refractivity contribution in [2.45, 2.75) is 13.1 Å². The number of carbonyl (C=O) groups excluding carboxylic acids is 1. The van der Waals surface area contributed by atoms with Gasteiger partial charge in [-0.1, -0.05) is 0 Å². The van der Waals surface area contributed by atoms with E-state index in [0.29, 0.717) is 32.0 Å². The van der Waals surface area contributed by atoms with Gasteiger partial charge in [0, 0.05) is 24.8 Å². The third-order valence-electron chi connectivity index (χ3n) is 4.24. The molecule has 0 saturated carbocycles. The van der Waals surface area contributed by atoms with Crippen LogP contribution in [0.15, 0.2) is 24.5 Å². The minimum Gasteiger partial charge on any atom is -0.378 e. The second-order valence-electron chi connectivity index (χ2n) is 5.87. The topological polar surface area (TPSA) is 83.5 Å². The number of hydrogen-bond acceptors (Lipinski definition) is 6. The van der Waals surface area contributed by atoms with Crippen molar-refractivity contribution in [1.82, 2.24) is 19.9 Å². The number of fused-ring (bicyclic) bond motifs is 1. The average molecular weight is 361 g/mol. The first kappa shape index (κ1) is 16.0. The molecule has 2 aliphatic rings. The summed E-state index contributed by atoms with van der Waals surface area (Å²) in [4.78, 5) is 29.1. The number of nitrogens with one attached hydrogen (secondary N) is 1. The van der Waals surface area contributed by atoms with Gasteiger partial charge >= 0.3 is 6.03 Å². The van der Waals surface area contributed by atoms with Gasteiger partial charge in [0.2, 0.25) is 5.28 Å². The van der Waals surface area contributed by atoms with E-state index in [1.807, 2.05) is 0 Å². The molecule has 0 aliphatic carbocycles. The van der Waals surface area contributed by atoms with Crippen LogP contribution in [0.4, 0.5) is 16.3 Å². The molecule has 1 N–H and O–H groups in total. The number of aromatic nitrogens is 3. The molecular weight excluding hydrogens is 344 g/mol. The first-order chi connectivity index (χ1) is 12.2. The fourth-order valence-electron chi connectivity index (χ4n) is 3.03. The van der Waals surface area contributed by atoms with Gasteiger partial charge in [-0.15, -0.1) is 0 Å². The summed E-state index contributed by atoms with van der Waals surface area (Å²) in [6.45, 7) is 3.67. The van der Waals surface area contributed by atoms with E-state index in [9.17, 15) is 4.79 Å². The van der Waals surface area contributed by atoms with Crippen LogP contribution in [0.1, 0.15) is 11.3 Å². The summed E-state index contributed by atoms with van der Waals surface area (Å²) >= 11 is 6.10. The zero-order valence-electron chi connectivity index (χ0n) is 13.5. The summed E-state index contributed by atoms with van der Waals surface area (Å²) in [6, 6.07) is 3.37. The van der Waals surface area contributed by atoms with Crippen molar-refractivity contribution in [1.29, 1.82) is 0 Å². The minimum absolute atomic E-state index is 0.199. The fourth-order valence-corrected chi connectivity index (χ4v) is 3.21. The Morgan fingerprint density at radius 1 is 1.24 bits per heavy atom. The number of carbonyl (C=O) groups is 1. The number of anilines is 2. The predicted octanol–water partition coefficient (Wildman–Crippen LogP) is 1.91. The lowest BCUT2D eigenvalue weighted by Crippen LogP contribution is -2.37. The van der Waals surface area contributed by atoms with E-state index in [2.05, 4.69) is 25.2 Å². The number of halogens is 1. The molecule has 0 aromatic carbocycles. The average Bonchev–Trinajstić information content (AvgIpc) is 3.06. The van der Waals surface area contributed by atoms with Gasteiger partial charge < -0.3 is 19.9 Å². The standard InChI is InChI=1S/C16H17ClN6O2/c17-15-20-13-10-23(16(24)19-11-2-1-3-18-8-11)9-12(13)14(21-15)22-4-6-25-7-5-22/h1-3,8H,4-7,9-10H2,(H,19,24). The van der Waals surface area contributed by atoms with E-state index in [1.165, 1.54) is 0 Å². The quantitative estimate of drug-likeness (QED) is 0.824. The lowest BCUT2D eigenvalue weighted by molar-refractivity contribution is 0.122. The van der Waals surface area contributed by atoms with Crippen LogP contribution >= 0.6 is 11.6 Å². The van der Waals surface area contributed by atoms with E-state index >= 15 is 0 Å². The van der Waals surface area contributed by atoms with Gasteiger partial charge in [-0.05, 0) is 23.7 Å². The maximum Gasteiger partial charge on any atom is 0.322 e. The summed E-state index contributed by atoms with van der Waals surface area (Å²) < 4.78 is 5.40. The molecule has 2 aliphatic heterocycles. The first-order valence-corrected chi connectivity index (χ1v) is 8.42. The SMILES string of the molecule is O=C(Nc1cccnc1)N1Cc2nc(Cl)nc(N3CCOCC3)c2C1. The van der Waals surface area contributed by atoms with E-state index in [-0.39, 0.29) is 11.3 Å². The van der Waals surface area contributed by atoms with Gasteiger partial charge in [0.05, 0.1) is 43.9 Å². The molecule has 8 nitrogen and oxygen atoms in total. The van der Waals surface area contributed by atoms with Gasteiger partial charge in [-0.2, -0.15) is 0 Å². The second-order valence-corrected chi connectivity index (χ2v) is 6.21. The lowest BCUT2D eigenvalue weighted by atomic mass is 10.2. The molecule has 0 atom stereocenters. The molecule has 0 spiro atoms. The van der Waals surface area contributed by atoms with Crippen LogP contribution in [0.25, 0.3) is 0 Å². The third kappa shape index (κ3) is 3.35. The van der Waals surface area contributed by atoms with Gasteiger partial charge in [-0.25, -0.2) is 14.8 Å². The number of rotatable bonds is 2. The summed E-state index contributed by atoms with van der Waals surface area (Å²) in [5, 5.41) is 3.05. The first-order valence-electron chi connectivity index (χ1n) is 8.04. The number of amides is 2. The molecule has 4 rings (SSSR count). The Balaban J connectivity index is 1.54. The van der Waals surface area contributed by atoms with Crippen LogP contribution in [-0.2, 0) is 17.8 Å². The Kier molecular flexibility index (Phi) is 4.37. The lowest BCUT2D eigenvalue weighted by Gasteiger charge is -2.29. The maximum absolute atomic E-state index is 12.5.